The van der Waals surface area contributed by atoms with Gasteiger partial charge in [0.05, 0.1) is 4.90 Å². The van der Waals surface area contributed by atoms with Gasteiger partial charge in [-0.15, -0.1) is 0 Å². The van der Waals surface area contributed by atoms with Crippen molar-refractivity contribution in [2.24, 2.45) is 0 Å². The Morgan fingerprint density at radius 1 is 0.903 bits per heavy atom. The van der Waals surface area contributed by atoms with Crippen molar-refractivity contribution in [1.29, 1.82) is 0 Å². The van der Waals surface area contributed by atoms with Crippen LogP contribution in [0.1, 0.15) is 21.5 Å². The van der Waals surface area contributed by atoms with Gasteiger partial charge >= 0.3 is 0 Å². The van der Waals surface area contributed by atoms with Crippen molar-refractivity contribution in [3.63, 3.8) is 0 Å². The Morgan fingerprint density at radius 2 is 1.58 bits per heavy atom. The molecule has 3 aromatic rings. The standard InChI is InChI=1S/C23H24FN3O3S/c1-27(2)21-10-5-8-19(14-21)23(28)25-15-18-7-4-11-22(13-18)31(29,30)26-16-17-6-3-9-20(24)12-17/h3-14,26H,15-16H2,1-2H3,(H,25,28). The lowest BCUT2D eigenvalue weighted by Crippen LogP contribution is -2.25. The Balaban J connectivity index is 1.65. The van der Waals surface area contributed by atoms with Gasteiger partial charge in [0.25, 0.3) is 5.91 Å². The summed E-state index contributed by atoms with van der Waals surface area (Å²) in [5.41, 5.74) is 2.59. The van der Waals surface area contributed by atoms with Crippen molar-refractivity contribution in [2.75, 3.05) is 19.0 Å². The maximum Gasteiger partial charge on any atom is 0.251 e. The van der Waals surface area contributed by atoms with E-state index in [2.05, 4.69) is 10.0 Å². The lowest BCUT2D eigenvalue weighted by Gasteiger charge is -2.13. The number of amides is 1. The molecule has 0 aliphatic carbocycles. The average molecular weight is 442 g/mol. The Kier molecular flexibility index (Phi) is 7.04. The van der Waals surface area contributed by atoms with Gasteiger partial charge in [-0.2, -0.15) is 0 Å². The molecule has 2 N–H and O–H groups in total. The number of rotatable bonds is 8. The molecule has 0 fully saturated rings. The number of hydrogen-bond acceptors (Lipinski definition) is 4. The molecule has 8 heteroatoms. The van der Waals surface area contributed by atoms with E-state index in [1.165, 1.54) is 30.3 Å². The Morgan fingerprint density at radius 3 is 2.29 bits per heavy atom. The third-order valence-corrected chi connectivity index (χ3v) is 6.04. The lowest BCUT2D eigenvalue weighted by atomic mass is 10.1. The highest BCUT2D eigenvalue weighted by Crippen LogP contribution is 2.15. The molecule has 3 rings (SSSR count). The first-order valence-electron chi connectivity index (χ1n) is 9.63. The number of carbonyl (C=O) groups is 1. The maximum atomic E-state index is 13.3. The molecule has 0 heterocycles. The average Bonchev–Trinajstić information content (AvgIpc) is 2.76. The molecule has 0 unspecified atom stereocenters. The van der Waals surface area contributed by atoms with Crippen molar-refractivity contribution >= 4 is 21.6 Å². The minimum atomic E-state index is -3.79. The van der Waals surface area contributed by atoms with Gasteiger partial charge in [-0.1, -0.05) is 30.3 Å². The van der Waals surface area contributed by atoms with Crippen molar-refractivity contribution in [3.05, 3.63) is 95.3 Å². The van der Waals surface area contributed by atoms with E-state index in [0.717, 1.165) is 5.69 Å². The van der Waals surface area contributed by atoms with Crippen LogP contribution in [-0.2, 0) is 23.1 Å². The predicted molar refractivity (Wildman–Crippen MR) is 119 cm³/mol. The van der Waals surface area contributed by atoms with E-state index in [-0.39, 0.29) is 23.9 Å². The van der Waals surface area contributed by atoms with Crippen molar-refractivity contribution in [3.8, 4) is 0 Å². The molecule has 0 saturated heterocycles. The van der Waals surface area contributed by atoms with Gasteiger partial charge in [0, 0.05) is 38.4 Å². The number of hydrogen-bond donors (Lipinski definition) is 2. The zero-order valence-electron chi connectivity index (χ0n) is 17.3. The number of nitrogens with one attached hydrogen (secondary N) is 2. The summed E-state index contributed by atoms with van der Waals surface area (Å²) in [6.45, 7) is 0.154. The van der Waals surface area contributed by atoms with Gasteiger partial charge in [-0.05, 0) is 53.6 Å². The molecule has 0 atom stereocenters. The fraction of sp³-hybridized carbons (Fsp3) is 0.174. The Bertz CT molecular complexity index is 1180. The molecule has 0 aliphatic rings. The minimum absolute atomic E-state index is 0.0245. The van der Waals surface area contributed by atoms with E-state index < -0.39 is 15.8 Å². The summed E-state index contributed by atoms with van der Waals surface area (Å²) in [5.74, 6) is -0.674. The van der Waals surface area contributed by atoms with E-state index in [4.69, 9.17) is 0 Å². The third-order valence-electron chi connectivity index (χ3n) is 4.64. The molecule has 6 nitrogen and oxygen atoms in total. The first-order valence-corrected chi connectivity index (χ1v) is 11.1. The second-order valence-corrected chi connectivity index (χ2v) is 9.00. The van der Waals surface area contributed by atoms with Crippen LogP contribution in [0.3, 0.4) is 0 Å². The molecule has 0 radical (unpaired) electrons. The maximum absolute atomic E-state index is 13.3. The summed E-state index contributed by atoms with van der Waals surface area (Å²) in [6.07, 6.45) is 0. The molecule has 0 saturated carbocycles. The molecule has 31 heavy (non-hydrogen) atoms. The van der Waals surface area contributed by atoms with E-state index in [1.807, 2.05) is 31.1 Å². The summed E-state index contributed by atoms with van der Waals surface area (Å²) in [4.78, 5) is 14.4. The SMILES string of the molecule is CN(C)c1cccc(C(=O)NCc2cccc(S(=O)(=O)NCc3cccc(F)c3)c2)c1. The van der Waals surface area contributed by atoms with Crippen molar-refractivity contribution in [1.82, 2.24) is 10.0 Å². The first-order chi connectivity index (χ1) is 14.7. The predicted octanol–water partition coefficient (Wildman–Crippen LogP) is 3.30. The minimum Gasteiger partial charge on any atom is -0.378 e. The second-order valence-electron chi connectivity index (χ2n) is 7.23. The van der Waals surface area contributed by atoms with Crippen LogP contribution < -0.4 is 14.9 Å². The molecule has 0 aliphatic heterocycles. The van der Waals surface area contributed by atoms with E-state index >= 15 is 0 Å². The topological polar surface area (TPSA) is 78.5 Å². The van der Waals surface area contributed by atoms with E-state index in [9.17, 15) is 17.6 Å². The number of benzene rings is 3. The molecule has 0 aromatic heterocycles. The van der Waals surface area contributed by atoms with Crippen LogP contribution in [0.15, 0.2) is 77.7 Å². The summed E-state index contributed by atoms with van der Waals surface area (Å²) in [5, 5.41) is 2.81. The van der Waals surface area contributed by atoms with E-state index in [1.54, 1.807) is 30.3 Å². The highest BCUT2D eigenvalue weighted by Gasteiger charge is 2.15. The second kappa shape index (κ2) is 9.72. The van der Waals surface area contributed by atoms with Crippen molar-refractivity contribution < 1.29 is 17.6 Å². The number of anilines is 1. The molecule has 1 amide bonds. The van der Waals surface area contributed by atoms with Crippen LogP contribution in [-0.4, -0.2) is 28.4 Å². The van der Waals surface area contributed by atoms with Gasteiger partial charge in [0.1, 0.15) is 5.82 Å². The largest absolute Gasteiger partial charge is 0.378 e. The van der Waals surface area contributed by atoms with Gasteiger partial charge in [-0.25, -0.2) is 17.5 Å². The van der Waals surface area contributed by atoms with Crippen LogP contribution in [0.5, 0.6) is 0 Å². The summed E-state index contributed by atoms with van der Waals surface area (Å²) >= 11 is 0. The van der Waals surface area contributed by atoms with Crippen LogP contribution >= 0.6 is 0 Å². The summed E-state index contributed by atoms with van der Waals surface area (Å²) in [6, 6.07) is 19.3. The van der Waals surface area contributed by atoms with Crippen LogP contribution in [0.2, 0.25) is 0 Å². The fourth-order valence-electron chi connectivity index (χ4n) is 2.94. The van der Waals surface area contributed by atoms with Gasteiger partial charge in [0.2, 0.25) is 10.0 Å². The zero-order valence-corrected chi connectivity index (χ0v) is 18.1. The van der Waals surface area contributed by atoms with Gasteiger partial charge < -0.3 is 10.2 Å². The normalized spacial score (nSPS) is 11.2. The highest BCUT2D eigenvalue weighted by molar-refractivity contribution is 7.89. The monoisotopic (exact) mass is 441 g/mol. The number of halogens is 1. The first kappa shape index (κ1) is 22.5. The number of sulfonamides is 1. The number of nitrogens with zero attached hydrogens (tertiary/aromatic N) is 1. The Labute approximate surface area is 181 Å². The molecule has 0 spiro atoms. The Hall–Kier alpha value is -3.23. The summed E-state index contributed by atoms with van der Waals surface area (Å²) < 4.78 is 41.0. The van der Waals surface area contributed by atoms with Crippen LogP contribution in [0, 0.1) is 5.82 Å². The lowest BCUT2D eigenvalue weighted by molar-refractivity contribution is 0.0951. The third kappa shape index (κ3) is 6.13. The number of carbonyl (C=O) groups excluding carboxylic acids is 1. The van der Waals surface area contributed by atoms with Crippen LogP contribution in [0.4, 0.5) is 10.1 Å². The van der Waals surface area contributed by atoms with Gasteiger partial charge in [-0.3, -0.25) is 4.79 Å². The molecular formula is C23H24FN3O3S. The molecule has 0 bridgehead atoms. The zero-order chi connectivity index (χ0) is 22.4. The molecular weight excluding hydrogens is 417 g/mol. The highest BCUT2D eigenvalue weighted by atomic mass is 32.2. The van der Waals surface area contributed by atoms with Crippen LogP contribution in [0.25, 0.3) is 0 Å². The fourth-order valence-corrected chi connectivity index (χ4v) is 4.03. The molecule has 3 aromatic carbocycles. The van der Waals surface area contributed by atoms with E-state index in [0.29, 0.717) is 16.7 Å². The smallest absolute Gasteiger partial charge is 0.251 e. The summed E-state index contributed by atoms with van der Waals surface area (Å²) in [7, 11) is -0.00211. The quantitative estimate of drug-likeness (QED) is 0.562. The molecule has 162 valence electrons. The van der Waals surface area contributed by atoms with Gasteiger partial charge in [0.15, 0.2) is 0 Å². The van der Waals surface area contributed by atoms with Crippen molar-refractivity contribution in [2.45, 2.75) is 18.0 Å².